The summed E-state index contributed by atoms with van der Waals surface area (Å²) in [4.78, 5) is 23.7. The molecule has 1 aliphatic heterocycles. The van der Waals surface area contributed by atoms with Crippen molar-refractivity contribution >= 4 is 22.6 Å². The van der Waals surface area contributed by atoms with Crippen molar-refractivity contribution in [1.29, 1.82) is 0 Å². The van der Waals surface area contributed by atoms with Crippen LogP contribution in [-0.2, 0) is 6.54 Å². The van der Waals surface area contributed by atoms with E-state index < -0.39 is 0 Å². The van der Waals surface area contributed by atoms with Gasteiger partial charge in [-0.1, -0.05) is 12.1 Å². The Bertz CT molecular complexity index is 950. The van der Waals surface area contributed by atoms with E-state index in [4.69, 9.17) is 4.74 Å². The molecule has 3 aromatic rings. The van der Waals surface area contributed by atoms with E-state index in [1.165, 1.54) is 12.8 Å². The lowest BCUT2D eigenvalue weighted by molar-refractivity contribution is 0.0951. The van der Waals surface area contributed by atoms with Gasteiger partial charge in [0.25, 0.3) is 5.91 Å². The first-order chi connectivity index (χ1) is 13.2. The van der Waals surface area contributed by atoms with Gasteiger partial charge in [0.05, 0.1) is 12.6 Å². The van der Waals surface area contributed by atoms with E-state index in [2.05, 4.69) is 20.2 Å². The van der Waals surface area contributed by atoms with Gasteiger partial charge in [-0.15, -0.1) is 0 Å². The second-order valence-corrected chi connectivity index (χ2v) is 6.65. The molecule has 1 saturated heterocycles. The molecule has 1 fully saturated rings. The molecule has 1 aliphatic rings. The summed E-state index contributed by atoms with van der Waals surface area (Å²) in [7, 11) is 1.64. The van der Waals surface area contributed by atoms with Crippen molar-refractivity contribution in [2.45, 2.75) is 19.4 Å². The number of aromatic nitrogens is 2. The molecule has 0 radical (unpaired) electrons. The predicted octanol–water partition coefficient (Wildman–Crippen LogP) is 3.17. The lowest BCUT2D eigenvalue weighted by atomic mass is 10.1. The lowest BCUT2D eigenvalue weighted by Gasteiger charge is -2.18. The van der Waals surface area contributed by atoms with Crippen LogP contribution in [0.5, 0.6) is 5.75 Å². The fourth-order valence-electron chi connectivity index (χ4n) is 3.39. The molecule has 1 amide bonds. The van der Waals surface area contributed by atoms with Gasteiger partial charge in [0.1, 0.15) is 17.9 Å². The Hall–Kier alpha value is -3.15. The van der Waals surface area contributed by atoms with E-state index in [0.717, 1.165) is 41.1 Å². The molecule has 0 spiro atoms. The molecule has 27 heavy (non-hydrogen) atoms. The molecule has 2 heterocycles. The van der Waals surface area contributed by atoms with Crippen LogP contribution in [0.3, 0.4) is 0 Å². The number of hydrogen-bond donors (Lipinski definition) is 1. The summed E-state index contributed by atoms with van der Waals surface area (Å²) in [5.41, 5.74) is 2.50. The van der Waals surface area contributed by atoms with Crippen LogP contribution in [0.2, 0.25) is 0 Å². The zero-order valence-corrected chi connectivity index (χ0v) is 15.3. The summed E-state index contributed by atoms with van der Waals surface area (Å²) < 4.78 is 5.16. The number of anilines is 1. The van der Waals surface area contributed by atoms with E-state index >= 15 is 0 Å². The Morgan fingerprint density at radius 3 is 2.63 bits per heavy atom. The van der Waals surface area contributed by atoms with E-state index in [0.29, 0.717) is 12.1 Å². The largest absolute Gasteiger partial charge is 0.497 e. The van der Waals surface area contributed by atoms with Crippen LogP contribution in [0.25, 0.3) is 10.9 Å². The van der Waals surface area contributed by atoms with Crippen molar-refractivity contribution in [2.75, 3.05) is 25.1 Å². The third kappa shape index (κ3) is 3.69. The van der Waals surface area contributed by atoms with E-state index in [1.54, 1.807) is 13.4 Å². The standard InChI is InChI=1S/C21H22N4O2/c1-27-17-7-4-15(5-8-17)13-22-21(26)16-6-9-19-18(12-16)20(24-14-23-19)25-10-2-3-11-25/h4-9,12,14H,2-3,10-11,13H2,1H3,(H,22,26). The minimum absolute atomic E-state index is 0.107. The molecule has 138 valence electrons. The fourth-order valence-corrected chi connectivity index (χ4v) is 3.39. The summed E-state index contributed by atoms with van der Waals surface area (Å²) in [6.45, 7) is 2.46. The molecular weight excluding hydrogens is 340 g/mol. The normalized spacial score (nSPS) is 13.7. The number of fused-ring (bicyclic) bond motifs is 1. The van der Waals surface area contributed by atoms with E-state index in [-0.39, 0.29) is 5.91 Å². The molecule has 0 atom stereocenters. The molecule has 6 heteroatoms. The smallest absolute Gasteiger partial charge is 0.251 e. The van der Waals surface area contributed by atoms with Crippen LogP contribution >= 0.6 is 0 Å². The minimum atomic E-state index is -0.107. The Labute approximate surface area is 158 Å². The van der Waals surface area contributed by atoms with Crippen LogP contribution in [0.15, 0.2) is 48.8 Å². The number of amides is 1. The predicted molar refractivity (Wildman–Crippen MR) is 105 cm³/mol. The van der Waals surface area contributed by atoms with Crippen molar-refractivity contribution in [1.82, 2.24) is 15.3 Å². The van der Waals surface area contributed by atoms with Gasteiger partial charge in [0, 0.05) is 30.6 Å². The maximum atomic E-state index is 12.6. The number of methoxy groups -OCH3 is 1. The van der Waals surface area contributed by atoms with Gasteiger partial charge < -0.3 is 15.0 Å². The van der Waals surface area contributed by atoms with Gasteiger partial charge in [0.2, 0.25) is 0 Å². The highest BCUT2D eigenvalue weighted by molar-refractivity contribution is 6.00. The van der Waals surface area contributed by atoms with Crippen LogP contribution in [0.4, 0.5) is 5.82 Å². The molecule has 0 unspecified atom stereocenters. The van der Waals surface area contributed by atoms with Gasteiger partial charge in [-0.25, -0.2) is 9.97 Å². The molecular formula is C21H22N4O2. The minimum Gasteiger partial charge on any atom is -0.497 e. The fraction of sp³-hybridized carbons (Fsp3) is 0.286. The number of carbonyl (C=O) groups is 1. The second kappa shape index (κ2) is 7.61. The maximum Gasteiger partial charge on any atom is 0.251 e. The highest BCUT2D eigenvalue weighted by Crippen LogP contribution is 2.26. The monoisotopic (exact) mass is 362 g/mol. The zero-order chi connectivity index (χ0) is 18.6. The first-order valence-electron chi connectivity index (χ1n) is 9.15. The van der Waals surface area contributed by atoms with Gasteiger partial charge >= 0.3 is 0 Å². The number of nitrogens with one attached hydrogen (secondary N) is 1. The van der Waals surface area contributed by atoms with E-state index in [1.807, 2.05) is 42.5 Å². The number of rotatable bonds is 5. The molecule has 0 saturated carbocycles. The average molecular weight is 362 g/mol. The molecule has 1 aromatic heterocycles. The van der Waals surface area contributed by atoms with Crippen LogP contribution in [0, 0.1) is 0 Å². The van der Waals surface area contributed by atoms with Crippen molar-refractivity contribution in [2.24, 2.45) is 0 Å². The number of nitrogens with zero attached hydrogens (tertiary/aromatic N) is 3. The SMILES string of the molecule is COc1ccc(CNC(=O)c2ccc3ncnc(N4CCCC4)c3c2)cc1. The maximum absolute atomic E-state index is 12.6. The first-order valence-corrected chi connectivity index (χ1v) is 9.15. The number of benzene rings is 2. The van der Waals surface area contributed by atoms with Crippen LogP contribution in [0.1, 0.15) is 28.8 Å². The summed E-state index contributed by atoms with van der Waals surface area (Å²) in [6.07, 6.45) is 3.94. The van der Waals surface area contributed by atoms with Crippen molar-refractivity contribution in [3.63, 3.8) is 0 Å². The summed E-state index contributed by atoms with van der Waals surface area (Å²) in [6, 6.07) is 13.3. The van der Waals surface area contributed by atoms with Gasteiger partial charge in [0.15, 0.2) is 0 Å². The van der Waals surface area contributed by atoms with Crippen molar-refractivity contribution in [3.05, 3.63) is 59.9 Å². The molecule has 6 nitrogen and oxygen atoms in total. The first kappa shape index (κ1) is 17.3. The number of ether oxygens (including phenoxy) is 1. The molecule has 0 bridgehead atoms. The van der Waals surface area contributed by atoms with Crippen LogP contribution < -0.4 is 15.0 Å². The number of carbonyl (C=O) groups excluding carboxylic acids is 1. The summed E-state index contributed by atoms with van der Waals surface area (Å²) in [5.74, 6) is 1.61. The Balaban J connectivity index is 1.53. The summed E-state index contributed by atoms with van der Waals surface area (Å²) >= 11 is 0. The van der Waals surface area contributed by atoms with Gasteiger partial charge in [-0.05, 0) is 48.7 Å². The van der Waals surface area contributed by atoms with Crippen molar-refractivity contribution < 1.29 is 9.53 Å². The molecule has 4 rings (SSSR count). The van der Waals surface area contributed by atoms with Crippen LogP contribution in [-0.4, -0.2) is 36.1 Å². The van der Waals surface area contributed by atoms with Gasteiger partial charge in [-0.2, -0.15) is 0 Å². The molecule has 0 aliphatic carbocycles. The molecule has 1 N–H and O–H groups in total. The third-order valence-electron chi connectivity index (χ3n) is 4.89. The number of hydrogen-bond acceptors (Lipinski definition) is 5. The Morgan fingerprint density at radius 2 is 1.89 bits per heavy atom. The quantitative estimate of drug-likeness (QED) is 0.755. The topological polar surface area (TPSA) is 67.3 Å². The Kier molecular flexibility index (Phi) is 4.87. The van der Waals surface area contributed by atoms with Gasteiger partial charge in [-0.3, -0.25) is 4.79 Å². The van der Waals surface area contributed by atoms with Crippen molar-refractivity contribution in [3.8, 4) is 5.75 Å². The second-order valence-electron chi connectivity index (χ2n) is 6.65. The molecule has 2 aromatic carbocycles. The summed E-state index contributed by atoms with van der Waals surface area (Å²) in [5, 5.41) is 3.90. The lowest BCUT2D eigenvalue weighted by Crippen LogP contribution is -2.23. The zero-order valence-electron chi connectivity index (χ0n) is 15.3. The highest BCUT2D eigenvalue weighted by Gasteiger charge is 2.17. The highest BCUT2D eigenvalue weighted by atomic mass is 16.5. The average Bonchev–Trinajstić information content (AvgIpc) is 3.26. The Morgan fingerprint density at radius 1 is 1.11 bits per heavy atom. The van der Waals surface area contributed by atoms with E-state index in [9.17, 15) is 4.79 Å². The third-order valence-corrected chi connectivity index (χ3v) is 4.89.